The van der Waals surface area contributed by atoms with Gasteiger partial charge in [-0.2, -0.15) is 0 Å². The van der Waals surface area contributed by atoms with Gasteiger partial charge in [-0.3, -0.25) is 14.2 Å². The van der Waals surface area contributed by atoms with Crippen LogP contribution < -0.4 is 15.6 Å². The number of nitrogens with zero attached hydrogens (tertiary/aromatic N) is 2. The molecule has 0 aliphatic rings. The Morgan fingerprint density at radius 2 is 2.09 bits per heavy atom. The van der Waals surface area contributed by atoms with E-state index in [-0.39, 0.29) is 18.0 Å². The highest BCUT2D eigenvalue weighted by atomic mass is 35.5. The average Bonchev–Trinajstić information content (AvgIpc) is 3.29. The number of anilines is 1. The van der Waals surface area contributed by atoms with Crippen molar-refractivity contribution in [1.29, 1.82) is 0 Å². The number of ether oxygens (including phenoxy) is 1. The van der Waals surface area contributed by atoms with E-state index in [2.05, 4.69) is 10.3 Å². The molecule has 1 atom stereocenters. The molecule has 4 aromatic rings. The van der Waals surface area contributed by atoms with Gasteiger partial charge in [0.25, 0.3) is 5.56 Å². The number of rotatable bonds is 7. The summed E-state index contributed by atoms with van der Waals surface area (Å²) in [7, 11) is 1.56. The highest BCUT2D eigenvalue weighted by molar-refractivity contribution is 8.00. The fourth-order valence-corrected chi connectivity index (χ4v) is 4.19. The number of benzene rings is 2. The van der Waals surface area contributed by atoms with Crippen LogP contribution in [0.25, 0.3) is 10.9 Å². The highest BCUT2D eigenvalue weighted by Crippen LogP contribution is 2.26. The second-order valence-electron chi connectivity index (χ2n) is 7.01. The lowest BCUT2D eigenvalue weighted by Gasteiger charge is -2.16. The molecule has 9 heteroatoms. The number of carbonyl (C=O) groups excluding carboxylic acids is 1. The number of nitrogens with one attached hydrogen (secondary N) is 1. The molecule has 0 radical (unpaired) electrons. The Kier molecular flexibility index (Phi) is 6.53. The van der Waals surface area contributed by atoms with E-state index in [0.717, 1.165) is 0 Å². The van der Waals surface area contributed by atoms with Gasteiger partial charge in [-0.1, -0.05) is 29.4 Å². The van der Waals surface area contributed by atoms with E-state index in [1.807, 2.05) is 0 Å². The van der Waals surface area contributed by atoms with E-state index < -0.39 is 5.25 Å². The standard InChI is InChI=1S/C23H20ClN3O4S/c1-14(21(28)25-16-5-3-6-17(12-16)30-2)32-23-26-20-11-15(24)8-9-19(20)22(29)27(23)13-18-7-4-10-31-18/h3-12,14H,13H2,1-2H3,(H,25,28). The number of amides is 1. The van der Waals surface area contributed by atoms with Crippen LogP contribution in [0.15, 0.2) is 75.2 Å². The maximum absolute atomic E-state index is 13.2. The van der Waals surface area contributed by atoms with Crippen LogP contribution in [0.2, 0.25) is 5.02 Å². The number of hydrogen-bond acceptors (Lipinski definition) is 6. The van der Waals surface area contributed by atoms with Crippen molar-refractivity contribution in [3.05, 3.63) is 82.0 Å². The van der Waals surface area contributed by atoms with Gasteiger partial charge >= 0.3 is 0 Å². The van der Waals surface area contributed by atoms with E-state index in [1.54, 1.807) is 74.9 Å². The normalized spacial score (nSPS) is 12.0. The SMILES string of the molecule is COc1cccc(NC(=O)C(C)Sc2nc3cc(Cl)ccc3c(=O)n2Cc2ccco2)c1. The molecule has 2 heterocycles. The number of hydrogen-bond donors (Lipinski definition) is 1. The monoisotopic (exact) mass is 469 g/mol. The summed E-state index contributed by atoms with van der Waals surface area (Å²) in [4.78, 5) is 30.7. The van der Waals surface area contributed by atoms with Crippen LogP contribution in [-0.4, -0.2) is 27.8 Å². The number of furan rings is 1. The van der Waals surface area contributed by atoms with E-state index in [4.69, 9.17) is 20.8 Å². The zero-order chi connectivity index (χ0) is 22.7. The topological polar surface area (TPSA) is 86.4 Å². The molecule has 0 bridgehead atoms. The van der Waals surface area contributed by atoms with Crippen molar-refractivity contribution in [2.75, 3.05) is 12.4 Å². The summed E-state index contributed by atoms with van der Waals surface area (Å²) >= 11 is 7.29. The smallest absolute Gasteiger partial charge is 0.262 e. The molecule has 0 spiro atoms. The summed E-state index contributed by atoms with van der Waals surface area (Å²) in [6.07, 6.45) is 1.55. The lowest BCUT2D eigenvalue weighted by atomic mass is 10.2. The molecule has 0 saturated carbocycles. The third kappa shape index (κ3) is 4.81. The van der Waals surface area contributed by atoms with Gasteiger partial charge in [0.05, 0.1) is 36.1 Å². The zero-order valence-corrected chi connectivity index (χ0v) is 18.9. The third-order valence-electron chi connectivity index (χ3n) is 4.77. The minimum atomic E-state index is -0.535. The molecule has 0 saturated heterocycles. The molecule has 1 amide bonds. The van der Waals surface area contributed by atoms with Crippen LogP contribution in [-0.2, 0) is 11.3 Å². The Morgan fingerprint density at radius 1 is 1.25 bits per heavy atom. The zero-order valence-electron chi connectivity index (χ0n) is 17.4. The van der Waals surface area contributed by atoms with Gasteiger partial charge in [-0.05, 0) is 49.4 Å². The lowest BCUT2D eigenvalue weighted by Crippen LogP contribution is -2.27. The van der Waals surface area contributed by atoms with E-state index >= 15 is 0 Å². The molecule has 164 valence electrons. The molecule has 32 heavy (non-hydrogen) atoms. The van der Waals surface area contributed by atoms with Gasteiger partial charge in [-0.25, -0.2) is 4.98 Å². The quantitative estimate of drug-likeness (QED) is 0.308. The van der Waals surface area contributed by atoms with Crippen molar-refractivity contribution in [3.8, 4) is 5.75 Å². The second-order valence-corrected chi connectivity index (χ2v) is 8.75. The predicted molar refractivity (Wildman–Crippen MR) is 126 cm³/mol. The number of thioether (sulfide) groups is 1. The minimum Gasteiger partial charge on any atom is -0.497 e. The molecule has 7 nitrogen and oxygen atoms in total. The Hall–Kier alpha value is -3.23. The van der Waals surface area contributed by atoms with Gasteiger partial charge in [0.15, 0.2) is 5.16 Å². The average molecular weight is 470 g/mol. The summed E-state index contributed by atoms with van der Waals surface area (Å²) in [6, 6.07) is 15.6. The van der Waals surface area contributed by atoms with E-state index in [0.29, 0.717) is 38.3 Å². The Balaban J connectivity index is 1.65. The molecule has 2 aromatic carbocycles. The molecular formula is C23H20ClN3O4S. The molecule has 2 aromatic heterocycles. The highest BCUT2D eigenvalue weighted by Gasteiger charge is 2.20. The minimum absolute atomic E-state index is 0.198. The summed E-state index contributed by atoms with van der Waals surface area (Å²) < 4.78 is 12.1. The second kappa shape index (κ2) is 9.50. The van der Waals surface area contributed by atoms with Crippen LogP contribution in [0.1, 0.15) is 12.7 Å². The summed E-state index contributed by atoms with van der Waals surface area (Å²) in [5.41, 5.74) is 0.861. The van der Waals surface area contributed by atoms with Crippen molar-refractivity contribution < 1.29 is 13.9 Å². The Bertz CT molecular complexity index is 1320. The van der Waals surface area contributed by atoms with Gasteiger partial charge in [0.2, 0.25) is 5.91 Å². The van der Waals surface area contributed by atoms with Gasteiger partial charge in [0, 0.05) is 16.8 Å². The molecule has 1 N–H and O–H groups in total. The van der Waals surface area contributed by atoms with Crippen LogP contribution in [0.4, 0.5) is 5.69 Å². The van der Waals surface area contributed by atoms with Gasteiger partial charge in [0.1, 0.15) is 11.5 Å². The molecule has 0 aliphatic carbocycles. The maximum Gasteiger partial charge on any atom is 0.262 e. The number of methoxy groups -OCH3 is 1. The molecule has 0 aliphatic heterocycles. The van der Waals surface area contributed by atoms with Gasteiger partial charge < -0.3 is 14.5 Å². The lowest BCUT2D eigenvalue weighted by molar-refractivity contribution is -0.115. The van der Waals surface area contributed by atoms with Crippen LogP contribution in [0.3, 0.4) is 0 Å². The predicted octanol–water partition coefficient (Wildman–Crippen LogP) is 4.82. The van der Waals surface area contributed by atoms with E-state index in [1.165, 1.54) is 16.3 Å². The first kappa shape index (κ1) is 22.0. The van der Waals surface area contributed by atoms with Crippen molar-refractivity contribution in [2.45, 2.75) is 23.9 Å². The van der Waals surface area contributed by atoms with E-state index in [9.17, 15) is 9.59 Å². The largest absolute Gasteiger partial charge is 0.497 e. The van der Waals surface area contributed by atoms with Crippen molar-refractivity contribution in [1.82, 2.24) is 9.55 Å². The first-order valence-corrected chi connectivity index (χ1v) is 11.0. The molecule has 1 unspecified atom stereocenters. The summed E-state index contributed by atoms with van der Waals surface area (Å²) in [5.74, 6) is 1.02. The number of aromatic nitrogens is 2. The fraction of sp³-hybridized carbons (Fsp3) is 0.174. The fourth-order valence-electron chi connectivity index (χ4n) is 3.12. The maximum atomic E-state index is 13.2. The number of carbonyl (C=O) groups is 1. The van der Waals surface area contributed by atoms with Crippen molar-refractivity contribution >= 4 is 45.9 Å². The Morgan fingerprint density at radius 3 is 2.84 bits per heavy atom. The molecule has 4 rings (SSSR count). The van der Waals surface area contributed by atoms with Crippen molar-refractivity contribution in [3.63, 3.8) is 0 Å². The Labute approximate surface area is 193 Å². The third-order valence-corrected chi connectivity index (χ3v) is 6.09. The van der Waals surface area contributed by atoms with Crippen LogP contribution in [0, 0.1) is 0 Å². The molecule has 0 fully saturated rings. The summed E-state index contributed by atoms with van der Waals surface area (Å²) in [5, 5.41) is 3.65. The number of fused-ring (bicyclic) bond motifs is 1. The first-order chi connectivity index (χ1) is 15.4. The van der Waals surface area contributed by atoms with Crippen molar-refractivity contribution in [2.24, 2.45) is 0 Å². The first-order valence-electron chi connectivity index (χ1n) is 9.78. The molecular weight excluding hydrogens is 450 g/mol. The summed E-state index contributed by atoms with van der Waals surface area (Å²) in [6.45, 7) is 1.95. The van der Waals surface area contributed by atoms with Gasteiger partial charge in [-0.15, -0.1) is 0 Å². The van der Waals surface area contributed by atoms with Crippen LogP contribution >= 0.6 is 23.4 Å². The number of halogens is 1. The van der Waals surface area contributed by atoms with Crippen LogP contribution in [0.5, 0.6) is 5.75 Å².